The predicted octanol–water partition coefficient (Wildman–Crippen LogP) is 8.32. The summed E-state index contributed by atoms with van der Waals surface area (Å²) < 4.78 is 5.73. The number of carbonyl (C=O) groups excluding carboxylic acids is 2. The second-order valence-corrected chi connectivity index (χ2v) is 12.3. The van der Waals surface area contributed by atoms with Crippen LogP contribution in [0, 0.1) is 17.3 Å². The summed E-state index contributed by atoms with van der Waals surface area (Å²) in [6.07, 6.45) is 26.5. The normalized spacial score (nSPS) is 19.4. The highest BCUT2D eigenvalue weighted by molar-refractivity contribution is 5.78. The molecule has 0 heterocycles. The van der Waals surface area contributed by atoms with E-state index in [0.29, 0.717) is 12.3 Å². The Labute approximate surface area is 223 Å². The molecule has 0 amide bonds. The number of unbranched alkanes of at least 4 members (excludes halogenated alkanes) is 13. The lowest BCUT2D eigenvalue weighted by Gasteiger charge is -2.37. The van der Waals surface area contributed by atoms with Gasteiger partial charge in [-0.05, 0) is 56.3 Å². The first-order valence-electron chi connectivity index (χ1n) is 15.3. The number of carboxylic acids is 1. The maximum atomic E-state index is 12.7. The van der Waals surface area contributed by atoms with Gasteiger partial charge in [0.1, 0.15) is 6.10 Å². The van der Waals surface area contributed by atoms with E-state index in [2.05, 4.69) is 33.8 Å². The number of ether oxygens (including phenoxy) is 1. The first-order valence-corrected chi connectivity index (χ1v) is 15.3. The molecular formula is C32H57O4-. The van der Waals surface area contributed by atoms with Gasteiger partial charge in [-0.15, -0.1) is 0 Å². The molecule has 210 valence electrons. The molecule has 4 heteroatoms. The number of hydrogen-bond donors (Lipinski definition) is 0. The van der Waals surface area contributed by atoms with Crippen LogP contribution in [0.4, 0.5) is 0 Å². The van der Waals surface area contributed by atoms with Crippen LogP contribution in [-0.4, -0.2) is 18.0 Å². The van der Waals surface area contributed by atoms with Crippen molar-refractivity contribution in [3.05, 3.63) is 12.2 Å². The highest BCUT2D eigenvalue weighted by atomic mass is 16.5. The highest BCUT2D eigenvalue weighted by Crippen LogP contribution is 2.38. The molecule has 1 aliphatic rings. The Morgan fingerprint density at radius 2 is 1.31 bits per heavy atom. The number of esters is 1. The van der Waals surface area contributed by atoms with Gasteiger partial charge in [-0.1, -0.05) is 117 Å². The van der Waals surface area contributed by atoms with E-state index in [9.17, 15) is 14.7 Å². The minimum Gasteiger partial charge on any atom is -0.550 e. The topological polar surface area (TPSA) is 66.4 Å². The van der Waals surface area contributed by atoms with Gasteiger partial charge < -0.3 is 14.6 Å². The third kappa shape index (κ3) is 16.4. The van der Waals surface area contributed by atoms with Crippen molar-refractivity contribution in [1.29, 1.82) is 0 Å². The zero-order valence-corrected chi connectivity index (χ0v) is 24.2. The Balaban J connectivity index is 2.13. The van der Waals surface area contributed by atoms with Crippen LogP contribution in [0.2, 0.25) is 0 Å². The molecule has 1 aliphatic carbocycles. The molecule has 0 radical (unpaired) electrons. The molecule has 0 aromatic rings. The Kier molecular flexibility index (Phi) is 17.9. The summed E-state index contributed by atoms with van der Waals surface area (Å²) in [6, 6.07) is 0. The first-order chi connectivity index (χ1) is 17.2. The minimum atomic E-state index is -1.18. The van der Waals surface area contributed by atoms with Crippen molar-refractivity contribution in [1.82, 2.24) is 0 Å². The summed E-state index contributed by atoms with van der Waals surface area (Å²) in [5.41, 5.74) is 0.282. The number of allylic oxidation sites excluding steroid dienone is 2. The molecule has 36 heavy (non-hydrogen) atoms. The lowest BCUT2D eigenvalue weighted by molar-refractivity contribution is -0.306. The molecule has 1 unspecified atom stereocenters. The monoisotopic (exact) mass is 505 g/mol. The maximum Gasteiger partial charge on any atom is 0.309 e. The number of carboxylic acid groups (broad SMARTS) is 1. The SMILES string of the molecule is CCCCCCCCCCCCCCCC=CCC(CC(=O)[O-])C(=O)OC1CCC(C(C)(C)C)CC1. The van der Waals surface area contributed by atoms with Crippen LogP contribution in [0.5, 0.6) is 0 Å². The van der Waals surface area contributed by atoms with Crippen LogP contribution in [0.3, 0.4) is 0 Å². The summed E-state index contributed by atoms with van der Waals surface area (Å²) in [5.74, 6) is -1.54. The molecule has 0 saturated heterocycles. The lowest BCUT2D eigenvalue weighted by atomic mass is 9.72. The minimum absolute atomic E-state index is 0.0740. The fraction of sp³-hybridized carbons (Fsp3) is 0.875. The van der Waals surface area contributed by atoms with E-state index in [1.807, 2.05) is 6.08 Å². The van der Waals surface area contributed by atoms with Crippen molar-refractivity contribution in [2.24, 2.45) is 17.3 Å². The first kappa shape index (κ1) is 32.7. The van der Waals surface area contributed by atoms with E-state index < -0.39 is 11.9 Å². The highest BCUT2D eigenvalue weighted by Gasteiger charge is 2.32. The molecule has 0 aromatic carbocycles. The average molecular weight is 506 g/mol. The Bertz CT molecular complexity index is 596. The van der Waals surface area contributed by atoms with Crippen molar-refractivity contribution < 1.29 is 19.4 Å². The van der Waals surface area contributed by atoms with Gasteiger partial charge in [0.25, 0.3) is 0 Å². The van der Waals surface area contributed by atoms with Gasteiger partial charge in [0, 0.05) is 12.4 Å². The van der Waals surface area contributed by atoms with Crippen LogP contribution in [-0.2, 0) is 14.3 Å². The van der Waals surface area contributed by atoms with Gasteiger partial charge in [0.05, 0.1) is 5.92 Å². The van der Waals surface area contributed by atoms with Crippen LogP contribution in [0.1, 0.15) is 156 Å². The van der Waals surface area contributed by atoms with Crippen LogP contribution in [0.15, 0.2) is 12.2 Å². The molecule has 0 N–H and O–H groups in total. The van der Waals surface area contributed by atoms with Crippen molar-refractivity contribution in [3.63, 3.8) is 0 Å². The Hall–Kier alpha value is -1.32. The molecule has 1 saturated carbocycles. The third-order valence-electron chi connectivity index (χ3n) is 7.99. The number of rotatable bonds is 20. The van der Waals surface area contributed by atoms with Crippen LogP contribution in [0.25, 0.3) is 0 Å². The second-order valence-electron chi connectivity index (χ2n) is 12.3. The van der Waals surface area contributed by atoms with Gasteiger partial charge in [0.2, 0.25) is 0 Å². The third-order valence-corrected chi connectivity index (χ3v) is 7.99. The summed E-state index contributed by atoms with van der Waals surface area (Å²) in [5, 5.41) is 11.2. The van der Waals surface area contributed by atoms with Gasteiger partial charge in [-0.25, -0.2) is 0 Å². The van der Waals surface area contributed by atoms with Gasteiger partial charge in [0.15, 0.2) is 0 Å². The summed E-state index contributed by atoms with van der Waals surface area (Å²) in [6.45, 7) is 9.07. The Morgan fingerprint density at radius 1 is 0.806 bits per heavy atom. The molecule has 1 rings (SSSR count). The van der Waals surface area contributed by atoms with Crippen molar-refractivity contribution in [3.8, 4) is 0 Å². The van der Waals surface area contributed by atoms with Crippen molar-refractivity contribution in [2.75, 3.05) is 0 Å². The van der Waals surface area contributed by atoms with Gasteiger partial charge in [-0.2, -0.15) is 0 Å². The maximum absolute atomic E-state index is 12.7. The van der Waals surface area contributed by atoms with E-state index in [0.717, 1.165) is 38.5 Å². The molecule has 0 aromatic heterocycles. The zero-order valence-electron chi connectivity index (χ0n) is 24.2. The lowest BCUT2D eigenvalue weighted by Crippen LogP contribution is -2.34. The molecule has 1 atom stereocenters. The fourth-order valence-corrected chi connectivity index (χ4v) is 5.43. The standard InChI is InChI=1S/C32H58O4/c1-5-6-7-8-9-10-11-12-13-14-15-16-17-18-19-20-21-27(26-30(33)34)31(35)36-29-24-22-28(23-25-29)32(2,3)4/h19-20,27-29H,5-18,21-26H2,1-4H3,(H,33,34)/p-1. The van der Waals surface area contributed by atoms with E-state index in [-0.39, 0.29) is 23.9 Å². The van der Waals surface area contributed by atoms with E-state index in [4.69, 9.17) is 4.74 Å². The molecular weight excluding hydrogens is 448 g/mol. The van der Waals surface area contributed by atoms with Gasteiger partial charge in [-0.3, -0.25) is 4.79 Å². The van der Waals surface area contributed by atoms with E-state index >= 15 is 0 Å². The summed E-state index contributed by atoms with van der Waals surface area (Å²) in [4.78, 5) is 23.9. The molecule has 0 bridgehead atoms. The summed E-state index contributed by atoms with van der Waals surface area (Å²) in [7, 11) is 0. The second kappa shape index (κ2) is 19.7. The Morgan fingerprint density at radius 3 is 1.78 bits per heavy atom. The smallest absolute Gasteiger partial charge is 0.309 e. The molecule has 0 spiro atoms. The van der Waals surface area contributed by atoms with E-state index in [1.165, 1.54) is 77.0 Å². The molecule has 0 aliphatic heterocycles. The summed E-state index contributed by atoms with van der Waals surface area (Å²) >= 11 is 0. The number of hydrogen-bond acceptors (Lipinski definition) is 4. The average Bonchev–Trinajstić information content (AvgIpc) is 2.82. The quantitative estimate of drug-likeness (QED) is 0.0947. The fourth-order valence-electron chi connectivity index (χ4n) is 5.43. The zero-order chi connectivity index (χ0) is 26.7. The van der Waals surface area contributed by atoms with Gasteiger partial charge >= 0.3 is 5.97 Å². The van der Waals surface area contributed by atoms with Crippen molar-refractivity contribution in [2.45, 2.75) is 162 Å². The van der Waals surface area contributed by atoms with Crippen LogP contribution < -0.4 is 5.11 Å². The van der Waals surface area contributed by atoms with Crippen LogP contribution >= 0.6 is 0 Å². The number of aliphatic carboxylic acids is 1. The predicted molar refractivity (Wildman–Crippen MR) is 148 cm³/mol. The van der Waals surface area contributed by atoms with E-state index in [1.54, 1.807) is 0 Å². The molecule has 1 fully saturated rings. The largest absolute Gasteiger partial charge is 0.550 e. The van der Waals surface area contributed by atoms with Crippen molar-refractivity contribution >= 4 is 11.9 Å². The number of carbonyl (C=O) groups is 2. The molecule has 4 nitrogen and oxygen atoms in total.